The van der Waals surface area contributed by atoms with Crippen LogP contribution in [0, 0.1) is 11.7 Å². The highest BCUT2D eigenvalue weighted by Crippen LogP contribution is 2.31. The van der Waals surface area contributed by atoms with Gasteiger partial charge in [0.05, 0.1) is 7.11 Å². The summed E-state index contributed by atoms with van der Waals surface area (Å²) in [6, 6.07) is 5.50. The Morgan fingerprint density at radius 3 is 2.53 bits per heavy atom. The number of hydrogen-bond acceptors (Lipinski definition) is 3. The quantitative estimate of drug-likeness (QED) is 0.863. The maximum atomic E-state index is 13.7. The Balaban J connectivity index is 2.26. The van der Waals surface area contributed by atoms with Crippen LogP contribution < -0.4 is 10.1 Å². The third-order valence-corrected chi connectivity index (χ3v) is 3.33. The van der Waals surface area contributed by atoms with Crippen molar-refractivity contribution in [1.82, 2.24) is 10.2 Å². The van der Waals surface area contributed by atoms with E-state index in [0.717, 1.165) is 18.7 Å². The van der Waals surface area contributed by atoms with Gasteiger partial charge in [-0.15, -0.1) is 0 Å². The Hall–Kier alpha value is -1.13. The molecule has 0 saturated carbocycles. The average Bonchev–Trinajstić information content (AvgIpc) is 2.22. The Morgan fingerprint density at radius 1 is 1.41 bits per heavy atom. The fourth-order valence-electron chi connectivity index (χ4n) is 2.39. The van der Waals surface area contributed by atoms with Crippen LogP contribution in [0.5, 0.6) is 5.75 Å². The van der Waals surface area contributed by atoms with Crippen LogP contribution in [0.4, 0.5) is 4.39 Å². The molecule has 1 atom stereocenters. The molecule has 17 heavy (non-hydrogen) atoms. The molecule has 1 aromatic rings. The standard InChI is InChI=1S/C13H19FN2O/c1-16(2)13(10-7-15-8-10)9-4-5-12(17-3)11(14)6-9/h4-6,10,13,15H,7-8H2,1-3H3. The molecule has 3 nitrogen and oxygen atoms in total. The minimum absolute atomic E-state index is 0.261. The summed E-state index contributed by atoms with van der Waals surface area (Å²) in [5, 5.41) is 3.26. The van der Waals surface area contributed by atoms with E-state index in [2.05, 4.69) is 10.2 Å². The summed E-state index contributed by atoms with van der Waals surface area (Å²) >= 11 is 0. The minimum Gasteiger partial charge on any atom is -0.494 e. The van der Waals surface area contributed by atoms with Gasteiger partial charge in [0.25, 0.3) is 0 Å². The summed E-state index contributed by atoms with van der Waals surface area (Å²) in [7, 11) is 5.55. The molecule has 0 aromatic heterocycles. The van der Waals surface area contributed by atoms with Gasteiger partial charge in [-0.2, -0.15) is 0 Å². The summed E-state index contributed by atoms with van der Waals surface area (Å²) in [6.07, 6.45) is 0. The molecule has 0 amide bonds. The largest absolute Gasteiger partial charge is 0.494 e. The van der Waals surface area contributed by atoms with Crippen molar-refractivity contribution in [2.75, 3.05) is 34.3 Å². The van der Waals surface area contributed by atoms with Gasteiger partial charge in [-0.05, 0) is 31.8 Å². The Labute approximate surface area is 102 Å². The third-order valence-electron chi connectivity index (χ3n) is 3.33. The van der Waals surface area contributed by atoms with Crippen LogP contribution in [-0.4, -0.2) is 39.2 Å². The molecular weight excluding hydrogens is 219 g/mol. The lowest BCUT2D eigenvalue weighted by Gasteiger charge is -2.38. The Morgan fingerprint density at radius 2 is 2.12 bits per heavy atom. The SMILES string of the molecule is COc1ccc(C(C2CNC2)N(C)C)cc1F. The lowest BCUT2D eigenvalue weighted by Crippen LogP contribution is -2.48. The van der Waals surface area contributed by atoms with E-state index in [4.69, 9.17) is 4.74 Å². The maximum absolute atomic E-state index is 13.7. The van der Waals surface area contributed by atoms with Crippen molar-refractivity contribution in [3.8, 4) is 5.75 Å². The maximum Gasteiger partial charge on any atom is 0.165 e. The summed E-state index contributed by atoms with van der Waals surface area (Å²) < 4.78 is 18.6. The second-order valence-corrected chi connectivity index (χ2v) is 4.72. The van der Waals surface area contributed by atoms with Crippen molar-refractivity contribution >= 4 is 0 Å². The van der Waals surface area contributed by atoms with Crippen LogP contribution in [0.3, 0.4) is 0 Å². The lowest BCUT2D eigenvalue weighted by molar-refractivity contribution is 0.160. The van der Waals surface area contributed by atoms with Crippen molar-refractivity contribution in [3.05, 3.63) is 29.6 Å². The molecule has 0 bridgehead atoms. The predicted molar refractivity (Wildman–Crippen MR) is 65.7 cm³/mol. The van der Waals surface area contributed by atoms with E-state index in [1.54, 1.807) is 12.1 Å². The molecule has 4 heteroatoms. The molecule has 1 saturated heterocycles. The first-order valence-electron chi connectivity index (χ1n) is 5.84. The monoisotopic (exact) mass is 238 g/mol. The van der Waals surface area contributed by atoms with Crippen LogP contribution in [0.25, 0.3) is 0 Å². The van der Waals surface area contributed by atoms with E-state index in [0.29, 0.717) is 11.7 Å². The zero-order chi connectivity index (χ0) is 12.4. The van der Waals surface area contributed by atoms with E-state index in [9.17, 15) is 4.39 Å². The molecule has 0 spiro atoms. The first kappa shape index (κ1) is 12.3. The van der Waals surface area contributed by atoms with Gasteiger partial charge in [-0.25, -0.2) is 4.39 Å². The molecule has 1 aliphatic rings. The molecule has 1 aromatic carbocycles. The Kier molecular flexibility index (Phi) is 3.64. The molecular formula is C13H19FN2O. The van der Waals surface area contributed by atoms with Crippen molar-refractivity contribution in [2.24, 2.45) is 5.92 Å². The lowest BCUT2D eigenvalue weighted by atomic mass is 9.87. The van der Waals surface area contributed by atoms with Gasteiger partial charge in [0.2, 0.25) is 0 Å². The fraction of sp³-hybridized carbons (Fsp3) is 0.538. The second kappa shape index (κ2) is 5.02. The number of benzene rings is 1. The highest BCUT2D eigenvalue weighted by molar-refractivity contribution is 5.31. The van der Waals surface area contributed by atoms with E-state index in [1.165, 1.54) is 7.11 Å². The van der Waals surface area contributed by atoms with Gasteiger partial charge < -0.3 is 15.0 Å². The first-order chi connectivity index (χ1) is 8.13. The first-order valence-corrected chi connectivity index (χ1v) is 5.84. The molecule has 1 unspecified atom stereocenters. The van der Waals surface area contributed by atoms with E-state index >= 15 is 0 Å². The Bertz CT molecular complexity index is 391. The van der Waals surface area contributed by atoms with Gasteiger partial charge in [0.1, 0.15) is 0 Å². The van der Waals surface area contributed by atoms with Crippen molar-refractivity contribution in [1.29, 1.82) is 0 Å². The summed E-state index contributed by atoms with van der Waals surface area (Å²) in [5.74, 6) is 0.569. The van der Waals surface area contributed by atoms with Crippen LogP contribution in [-0.2, 0) is 0 Å². The number of halogens is 1. The van der Waals surface area contributed by atoms with Gasteiger partial charge in [-0.1, -0.05) is 6.07 Å². The molecule has 0 aliphatic carbocycles. The van der Waals surface area contributed by atoms with Crippen molar-refractivity contribution < 1.29 is 9.13 Å². The summed E-state index contributed by atoms with van der Waals surface area (Å²) in [4.78, 5) is 2.15. The van der Waals surface area contributed by atoms with Gasteiger partial charge in [0.15, 0.2) is 11.6 Å². The van der Waals surface area contributed by atoms with Gasteiger partial charge >= 0.3 is 0 Å². The van der Waals surface area contributed by atoms with Crippen LogP contribution >= 0.6 is 0 Å². The highest BCUT2D eigenvalue weighted by Gasteiger charge is 2.30. The zero-order valence-corrected chi connectivity index (χ0v) is 10.5. The van der Waals surface area contributed by atoms with Crippen molar-refractivity contribution in [3.63, 3.8) is 0 Å². The van der Waals surface area contributed by atoms with Gasteiger partial charge in [0, 0.05) is 25.0 Å². The van der Waals surface area contributed by atoms with Crippen LogP contribution in [0.15, 0.2) is 18.2 Å². The molecule has 1 heterocycles. The number of ether oxygens (including phenoxy) is 1. The van der Waals surface area contributed by atoms with Crippen LogP contribution in [0.1, 0.15) is 11.6 Å². The topological polar surface area (TPSA) is 24.5 Å². The second-order valence-electron chi connectivity index (χ2n) is 4.72. The van der Waals surface area contributed by atoms with Gasteiger partial charge in [-0.3, -0.25) is 0 Å². The van der Waals surface area contributed by atoms with Crippen LogP contribution in [0.2, 0.25) is 0 Å². The molecule has 1 aliphatic heterocycles. The normalized spacial score (nSPS) is 17.9. The molecule has 94 valence electrons. The number of rotatable bonds is 4. The average molecular weight is 238 g/mol. The number of hydrogen-bond donors (Lipinski definition) is 1. The molecule has 1 N–H and O–H groups in total. The number of methoxy groups -OCH3 is 1. The van der Waals surface area contributed by atoms with Crippen molar-refractivity contribution in [2.45, 2.75) is 6.04 Å². The summed E-state index contributed by atoms with van der Waals surface area (Å²) in [5.41, 5.74) is 1.01. The smallest absolute Gasteiger partial charge is 0.165 e. The third kappa shape index (κ3) is 2.42. The number of nitrogens with one attached hydrogen (secondary N) is 1. The van der Waals surface area contributed by atoms with E-state index in [1.807, 2.05) is 20.2 Å². The van der Waals surface area contributed by atoms with E-state index in [-0.39, 0.29) is 11.9 Å². The predicted octanol–water partition coefficient (Wildman–Crippen LogP) is 1.66. The molecule has 2 rings (SSSR count). The summed E-state index contributed by atoms with van der Waals surface area (Å²) in [6.45, 7) is 1.99. The number of nitrogens with zero attached hydrogens (tertiary/aromatic N) is 1. The fourth-order valence-corrected chi connectivity index (χ4v) is 2.39. The molecule has 0 radical (unpaired) electrons. The highest BCUT2D eigenvalue weighted by atomic mass is 19.1. The van der Waals surface area contributed by atoms with E-state index < -0.39 is 0 Å². The minimum atomic E-state index is -0.288. The molecule has 1 fully saturated rings. The zero-order valence-electron chi connectivity index (χ0n) is 10.5.